The summed E-state index contributed by atoms with van der Waals surface area (Å²) in [4.78, 5) is 28.7. The minimum Gasteiger partial charge on any atom is -0.339 e. The molecular weight excluding hydrogens is 264 g/mol. The summed E-state index contributed by atoms with van der Waals surface area (Å²) in [6.07, 6.45) is 5.87. The van der Waals surface area contributed by atoms with Crippen molar-refractivity contribution in [3.8, 4) is 0 Å². The van der Waals surface area contributed by atoms with Crippen LogP contribution in [-0.2, 0) is 9.59 Å². The molecule has 0 spiro atoms. The standard InChI is InChI=1S/C17H28N2O2/c1-4-18(11-13(2)3)17(21)14-9-10-16(20)19(12-14)15-7-5-6-8-15/h14-15H,2,4-12H2,1,3H3/t14-/m1/s1. The molecule has 0 bridgehead atoms. The SMILES string of the molecule is C=C(C)CN(CC)C(=O)[C@@H]1CCC(=O)N(C2CCCC2)C1. The van der Waals surface area contributed by atoms with Gasteiger partial charge in [-0.15, -0.1) is 0 Å². The molecule has 21 heavy (non-hydrogen) atoms. The quantitative estimate of drug-likeness (QED) is 0.731. The van der Waals surface area contributed by atoms with Gasteiger partial charge in [0.25, 0.3) is 0 Å². The fourth-order valence-electron chi connectivity index (χ4n) is 3.57. The highest BCUT2D eigenvalue weighted by atomic mass is 16.2. The lowest BCUT2D eigenvalue weighted by atomic mass is 9.94. The highest BCUT2D eigenvalue weighted by molar-refractivity contribution is 5.84. The van der Waals surface area contributed by atoms with E-state index in [-0.39, 0.29) is 17.7 Å². The van der Waals surface area contributed by atoms with Gasteiger partial charge >= 0.3 is 0 Å². The van der Waals surface area contributed by atoms with Crippen molar-refractivity contribution in [1.82, 2.24) is 9.80 Å². The molecule has 4 nitrogen and oxygen atoms in total. The molecule has 1 heterocycles. The van der Waals surface area contributed by atoms with Gasteiger partial charge in [-0.1, -0.05) is 25.0 Å². The second-order valence-corrected chi connectivity index (χ2v) is 6.53. The summed E-state index contributed by atoms with van der Waals surface area (Å²) in [6, 6.07) is 0.379. The van der Waals surface area contributed by atoms with E-state index in [2.05, 4.69) is 6.58 Å². The lowest BCUT2D eigenvalue weighted by Gasteiger charge is -2.38. The minimum atomic E-state index is -0.0254. The van der Waals surface area contributed by atoms with Gasteiger partial charge in [-0.2, -0.15) is 0 Å². The number of hydrogen-bond donors (Lipinski definition) is 0. The number of carbonyl (C=O) groups excluding carboxylic acids is 2. The number of carbonyl (C=O) groups is 2. The summed E-state index contributed by atoms with van der Waals surface area (Å²) >= 11 is 0. The molecule has 118 valence electrons. The maximum Gasteiger partial charge on any atom is 0.227 e. The number of piperidine rings is 1. The average Bonchev–Trinajstić information content (AvgIpc) is 2.98. The molecule has 2 rings (SSSR count). The van der Waals surface area contributed by atoms with Crippen molar-refractivity contribution in [2.45, 2.75) is 58.4 Å². The Morgan fingerprint density at radius 3 is 2.57 bits per heavy atom. The normalized spacial score (nSPS) is 23.4. The summed E-state index contributed by atoms with van der Waals surface area (Å²) in [7, 11) is 0. The molecule has 0 radical (unpaired) electrons. The second kappa shape index (κ2) is 7.10. The van der Waals surface area contributed by atoms with Crippen LogP contribution in [0.25, 0.3) is 0 Å². The van der Waals surface area contributed by atoms with Crippen LogP contribution in [0, 0.1) is 5.92 Å². The number of amides is 2. The maximum absolute atomic E-state index is 12.7. The first-order valence-electron chi connectivity index (χ1n) is 8.25. The predicted octanol–water partition coefficient (Wildman–Crippen LogP) is 2.59. The van der Waals surface area contributed by atoms with Gasteiger partial charge < -0.3 is 9.80 Å². The third-order valence-corrected chi connectivity index (χ3v) is 4.71. The summed E-state index contributed by atoms with van der Waals surface area (Å²) in [6.45, 7) is 9.81. The molecule has 1 saturated carbocycles. The molecule has 2 aliphatic rings. The summed E-state index contributed by atoms with van der Waals surface area (Å²) in [5.41, 5.74) is 1.00. The number of rotatable bonds is 5. The molecule has 0 aromatic rings. The van der Waals surface area contributed by atoms with Gasteiger partial charge in [-0.25, -0.2) is 0 Å². The van der Waals surface area contributed by atoms with E-state index in [4.69, 9.17) is 0 Å². The van der Waals surface area contributed by atoms with Crippen LogP contribution in [0.3, 0.4) is 0 Å². The predicted molar refractivity (Wildman–Crippen MR) is 83.8 cm³/mol. The van der Waals surface area contributed by atoms with E-state index in [1.54, 1.807) is 0 Å². The van der Waals surface area contributed by atoms with E-state index in [1.165, 1.54) is 12.8 Å². The Balaban J connectivity index is 2.00. The van der Waals surface area contributed by atoms with E-state index < -0.39 is 0 Å². The molecule has 1 aliphatic carbocycles. The van der Waals surface area contributed by atoms with Crippen molar-refractivity contribution in [3.05, 3.63) is 12.2 Å². The lowest BCUT2D eigenvalue weighted by Crippen LogP contribution is -2.50. The smallest absolute Gasteiger partial charge is 0.227 e. The monoisotopic (exact) mass is 292 g/mol. The Bertz CT molecular complexity index is 413. The van der Waals surface area contributed by atoms with E-state index in [1.807, 2.05) is 23.6 Å². The zero-order valence-electron chi connectivity index (χ0n) is 13.4. The van der Waals surface area contributed by atoms with Crippen LogP contribution >= 0.6 is 0 Å². The van der Waals surface area contributed by atoms with Crippen LogP contribution in [0.1, 0.15) is 52.4 Å². The minimum absolute atomic E-state index is 0.0254. The van der Waals surface area contributed by atoms with Gasteiger partial charge in [0.2, 0.25) is 11.8 Å². The number of likely N-dealkylation sites (tertiary alicyclic amines) is 1. The van der Waals surface area contributed by atoms with Crippen LogP contribution in [0.5, 0.6) is 0 Å². The van der Waals surface area contributed by atoms with Gasteiger partial charge in [0.05, 0.1) is 5.92 Å². The van der Waals surface area contributed by atoms with Crippen molar-refractivity contribution in [3.63, 3.8) is 0 Å². The molecular formula is C17H28N2O2. The fourth-order valence-corrected chi connectivity index (χ4v) is 3.57. The van der Waals surface area contributed by atoms with Gasteiger partial charge in [-0.3, -0.25) is 9.59 Å². The fraction of sp³-hybridized carbons (Fsp3) is 0.765. The second-order valence-electron chi connectivity index (χ2n) is 6.53. The zero-order valence-corrected chi connectivity index (χ0v) is 13.4. The van der Waals surface area contributed by atoms with E-state index in [0.717, 1.165) is 18.4 Å². The van der Waals surface area contributed by atoms with E-state index in [9.17, 15) is 9.59 Å². The van der Waals surface area contributed by atoms with E-state index in [0.29, 0.717) is 38.5 Å². The highest BCUT2D eigenvalue weighted by Gasteiger charge is 2.36. The first-order valence-corrected chi connectivity index (χ1v) is 8.25. The van der Waals surface area contributed by atoms with Crippen LogP contribution < -0.4 is 0 Å². The first kappa shape index (κ1) is 16.1. The van der Waals surface area contributed by atoms with Crippen LogP contribution in [-0.4, -0.2) is 47.3 Å². The van der Waals surface area contributed by atoms with Crippen molar-refractivity contribution in [1.29, 1.82) is 0 Å². The maximum atomic E-state index is 12.7. The summed E-state index contributed by atoms with van der Waals surface area (Å²) < 4.78 is 0. The molecule has 2 amide bonds. The lowest BCUT2D eigenvalue weighted by molar-refractivity contribution is -0.144. The van der Waals surface area contributed by atoms with Crippen LogP contribution in [0.15, 0.2) is 12.2 Å². The summed E-state index contributed by atoms with van der Waals surface area (Å²) in [5.74, 6) is 0.410. The Kier molecular flexibility index (Phi) is 5.43. The van der Waals surface area contributed by atoms with Crippen molar-refractivity contribution >= 4 is 11.8 Å². The number of nitrogens with zero attached hydrogens (tertiary/aromatic N) is 2. The third kappa shape index (κ3) is 3.86. The van der Waals surface area contributed by atoms with Crippen molar-refractivity contribution in [2.75, 3.05) is 19.6 Å². The Hall–Kier alpha value is -1.32. The topological polar surface area (TPSA) is 40.6 Å². The molecule has 4 heteroatoms. The van der Waals surface area contributed by atoms with Crippen LogP contribution in [0.4, 0.5) is 0 Å². The van der Waals surface area contributed by atoms with E-state index >= 15 is 0 Å². The molecule has 1 aliphatic heterocycles. The molecule has 1 saturated heterocycles. The Labute approximate surface area is 128 Å². The summed E-state index contributed by atoms with van der Waals surface area (Å²) in [5, 5.41) is 0. The molecule has 0 aromatic carbocycles. The molecule has 0 N–H and O–H groups in total. The number of likely N-dealkylation sites (N-methyl/N-ethyl adjacent to an activating group) is 1. The zero-order chi connectivity index (χ0) is 15.4. The Morgan fingerprint density at radius 2 is 2.00 bits per heavy atom. The molecule has 1 atom stereocenters. The van der Waals surface area contributed by atoms with Crippen LogP contribution in [0.2, 0.25) is 0 Å². The molecule has 2 fully saturated rings. The average molecular weight is 292 g/mol. The molecule has 0 unspecified atom stereocenters. The third-order valence-electron chi connectivity index (χ3n) is 4.71. The number of hydrogen-bond acceptors (Lipinski definition) is 2. The van der Waals surface area contributed by atoms with Crippen molar-refractivity contribution < 1.29 is 9.59 Å². The largest absolute Gasteiger partial charge is 0.339 e. The van der Waals surface area contributed by atoms with Crippen molar-refractivity contribution in [2.24, 2.45) is 5.92 Å². The van der Waals surface area contributed by atoms with Gasteiger partial charge in [0.1, 0.15) is 0 Å². The Morgan fingerprint density at radius 1 is 1.33 bits per heavy atom. The molecule has 0 aromatic heterocycles. The first-order chi connectivity index (χ1) is 10.0. The van der Waals surface area contributed by atoms with Gasteiger partial charge in [0, 0.05) is 32.1 Å². The van der Waals surface area contributed by atoms with Gasteiger partial charge in [-0.05, 0) is 33.1 Å². The highest BCUT2D eigenvalue weighted by Crippen LogP contribution is 2.29. The van der Waals surface area contributed by atoms with Gasteiger partial charge in [0.15, 0.2) is 0 Å².